The van der Waals surface area contributed by atoms with Crippen LogP contribution in [0.15, 0.2) is 15.8 Å². The third kappa shape index (κ3) is 6.38. The first-order chi connectivity index (χ1) is 14.9. The maximum absolute atomic E-state index is 12.5. The highest BCUT2D eigenvalue weighted by atomic mass is 127. The Morgan fingerprint density at radius 2 is 1.47 bits per heavy atom. The van der Waals surface area contributed by atoms with Crippen molar-refractivity contribution in [3.63, 3.8) is 0 Å². The van der Waals surface area contributed by atoms with E-state index >= 15 is 0 Å². The Morgan fingerprint density at radius 3 is 2.00 bits per heavy atom. The summed E-state index contributed by atoms with van der Waals surface area (Å²) in [5, 5.41) is 0. The van der Waals surface area contributed by atoms with Crippen molar-refractivity contribution in [1.29, 1.82) is 0 Å². The Bertz CT molecular complexity index is 1020. The van der Waals surface area contributed by atoms with Gasteiger partial charge in [0.05, 0.1) is 3.57 Å². The lowest BCUT2D eigenvalue weighted by atomic mass is 9.97. The maximum atomic E-state index is 12.5. The largest absolute Gasteiger partial charge is 0.463 e. The highest BCUT2D eigenvalue weighted by Crippen LogP contribution is 2.34. The van der Waals surface area contributed by atoms with E-state index in [4.69, 9.17) is 23.7 Å². The number of ether oxygens (including phenoxy) is 5. The first-order valence-corrected chi connectivity index (χ1v) is 10.3. The first-order valence-electron chi connectivity index (χ1n) is 9.22. The quantitative estimate of drug-likeness (QED) is 0.264. The Hall–Kier alpha value is -2.75. The van der Waals surface area contributed by atoms with Gasteiger partial charge in [-0.25, -0.2) is 4.79 Å². The van der Waals surface area contributed by atoms with Gasteiger partial charge in [0, 0.05) is 33.9 Å². The molecule has 1 N–H and O–H groups in total. The molecular formula is C18H21IN2O11. The molecule has 1 aromatic heterocycles. The fraction of sp³-hybridized carbons (Fsp3) is 0.556. The molecule has 2 heterocycles. The second-order valence-electron chi connectivity index (χ2n) is 6.73. The molecule has 0 bridgehead atoms. The van der Waals surface area contributed by atoms with Crippen LogP contribution in [0.3, 0.4) is 0 Å². The lowest BCUT2D eigenvalue weighted by Gasteiger charge is -2.44. The lowest BCUT2D eigenvalue weighted by molar-refractivity contribution is -0.269. The number of aromatic amines is 1. The second kappa shape index (κ2) is 10.7. The van der Waals surface area contributed by atoms with Crippen LogP contribution in [0.25, 0.3) is 0 Å². The summed E-state index contributed by atoms with van der Waals surface area (Å²) in [6.45, 7) is 3.95. The number of hydrogen-bond acceptors (Lipinski definition) is 11. The molecule has 1 saturated heterocycles. The number of nitrogens with one attached hydrogen (secondary N) is 1. The number of aromatic nitrogens is 2. The molecule has 0 aliphatic carbocycles. The van der Waals surface area contributed by atoms with E-state index in [-0.39, 0.29) is 3.57 Å². The predicted octanol–water partition coefficient (Wildman–Crippen LogP) is -0.603. The molecule has 1 fully saturated rings. The summed E-state index contributed by atoms with van der Waals surface area (Å²) in [6.07, 6.45) is -5.75. The smallest absolute Gasteiger partial charge is 0.330 e. The zero-order valence-electron chi connectivity index (χ0n) is 17.5. The van der Waals surface area contributed by atoms with Gasteiger partial charge >= 0.3 is 29.6 Å². The van der Waals surface area contributed by atoms with E-state index in [9.17, 15) is 28.8 Å². The molecule has 13 nitrogen and oxygen atoms in total. The van der Waals surface area contributed by atoms with Crippen LogP contribution in [0.1, 0.15) is 33.9 Å². The van der Waals surface area contributed by atoms with Crippen molar-refractivity contribution >= 4 is 46.5 Å². The second-order valence-corrected chi connectivity index (χ2v) is 7.90. The van der Waals surface area contributed by atoms with Crippen LogP contribution in [0, 0.1) is 3.57 Å². The highest BCUT2D eigenvalue weighted by Gasteiger charge is 2.53. The van der Waals surface area contributed by atoms with E-state index in [2.05, 4.69) is 4.98 Å². The van der Waals surface area contributed by atoms with E-state index in [0.29, 0.717) is 0 Å². The van der Waals surface area contributed by atoms with Crippen molar-refractivity contribution in [1.82, 2.24) is 9.55 Å². The maximum Gasteiger partial charge on any atom is 0.330 e. The van der Waals surface area contributed by atoms with Crippen LogP contribution in [0.2, 0.25) is 0 Å². The van der Waals surface area contributed by atoms with E-state index in [1.807, 2.05) is 0 Å². The molecule has 1 aliphatic rings. The molecule has 0 saturated carbocycles. The van der Waals surface area contributed by atoms with Crippen molar-refractivity contribution < 1.29 is 42.9 Å². The number of esters is 4. The van der Waals surface area contributed by atoms with Gasteiger partial charge < -0.3 is 23.7 Å². The zero-order chi connectivity index (χ0) is 24.2. The van der Waals surface area contributed by atoms with E-state index in [1.165, 1.54) is 0 Å². The molecule has 32 heavy (non-hydrogen) atoms. The van der Waals surface area contributed by atoms with Gasteiger partial charge in [0.2, 0.25) is 0 Å². The summed E-state index contributed by atoms with van der Waals surface area (Å²) >= 11 is 1.68. The third-order valence-corrected chi connectivity index (χ3v) is 4.93. The summed E-state index contributed by atoms with van der Waals surface area (Å²) < 4.78 is 27.7. The number of halogens is 1. The average molecular weight is 568 g/mol. The Balaban J connectivity index is 2.65. The predicted molar refractivity (Wildman–Crippen MR) is 111 cm³/mol. The van der Waals surface area contributed by atoms with Gasteiger partial charge in [0.1, 0.15) is 12.7 Å². The van der Waals surface area contributed by atoms with Gasteiger partial charge in [-0.2, -0.15) is 0 Å². The molecule has 0 unspecified atom stereocenters. The summed E-state index contributed by atoms with van der Waals surface area (Å²) in [5.41, 5.74) is -1.56. The topological polar surface area (TPSA) is 169 Å². The van der Waals surface area contributed by atoms with Crippen molar-refractivity contribution in [3.8, 4) is 0 Å². The van der Waals surface area contributed by atoms with Crippen LogP contribution in [-0.4, -0.2) is 64.5 Å². The normalized spacial score (nSPS) is 24.8. The number of hydrogen-bond donors (Lipinski definition) is 1. The molecule has 2 rings (SSSR count). The fourth-order valence-electron chi connectivity index (χ4n) is 3.08. The van der Waals surface area contributed by atoms with Gasteiger partial charge in [-0.15, -0.1) is 0 Å². The minimum atomic E-state index is -1.46. The first kappa shape index (κ1) is 25.5. The molecular weight excluding hydrogens is 547 g/mol. The summed E-state index contributed by atoms with van der Waals surface area (Å²) in [5.74, 6) is -3.07. The van der Waals surface area contributed by atoms with Gasteiger partial charge in [-0.1, -0.05) is 0 Å². The van der Waals surface area contributed by atoms with Gasteiger partial charge in [-0.05, 0) is 22.6 Å². The number of rotatable bonds is 6. The molecule has 176 valence electrons. The summed E-state index contributed by atoms with van der Waals surface area (Å²) in [4.78, 5) is 73.0. The van der Waals surface area contributed by atoms with E-state index in [0.717, 1.165) is 38.5 Å². The van der Waals surface area contributed by atoms with Crippen LogP contribution >= 0.6 is 22.6 Å². The molecule has 0 amide bonds. The molecule has 0 spiro atoms. The Labute approximate surface area is 194 Å². The van der Waals surface area contributed by atoms with Crippen molar-refractivity contribution in [2.45, 2.75) is 58.3 Å². The van der Waals surface area contributed by atoms with Gasteiger partial charge in [-0.3, -0.25) is 33.5 Å². The van der Waals surface area contributed by atoms with Crippen LogP contribution in [0.5, 0.6) is 0 Å². The molecule has 5 atom stereocenters. The third-order valence-electron chi connectivity index (χ3n) is 4.16. The van der Waals surface area contributed by atoms with Crippen LogP contribution in [0.4, 0.5) is 0 Å². The minimum Gasteiger partial charge on any atom is -0.463 e. The standard InChI is InChI=1S/C18H21IN2O11/c1-7(22)28-6-12-13(29-8(2)23)14(30-9(3)24)15(31-10(4)25)17(32-12)21-5-11(19)16(26)20-18(21)27/h5,12-15,17H,6H2,1-4H3,(H,20,26,27)/t12-,13-,14+,15-,17-/m1/s1. The van der Waals surface area contributed by atoms with Crippen molar-refractivity contribution in [2.75, 3.05) is 6.61 Å². The summed E-state index contributed by atoms with van der Waals surface area (Å²) in [7, 11) is 0. The fourth-order valence-corrected chi connectivity index (χ4v) is 3.51. The molecule has 1 aliphatic heterocycles. The van der Waals surface area contributed by atoms with Crippen LogP contribution < -0.4 is 11.2 Å². The number of carbonyl (C=O) groups is 4. The highest BCUT2D eigenvalue weighted by molar-refractivity contribution is 14.1. The Morgan fingerprint density at radius 1 is 0.938 bits per heavy atom. The van der Waals surface area contributed by atoms with Crippen molar-refractivity contribution in [2.24, 2.45) is 0 Å². The average Bonchev–Trinajstić information content (AvgIpc) is 2.65. The number of H-pyrrole nitrogens is 1. The number of nitrogens with zero attached hydrogens (tertiary/aromatic N) is 1. The SMILES string of the molecule is CC(=O)OC[C@H]1O[C@@H](n2cc(I)c(=O)[nH]c2=O)[C@H](OC(C)=O)[C@@H](OC(C)=O)[C@@H]1OC(C)=O. The molecule has 0 radical (unpaired) electrons. The monoisotopic (exact) mass is 568 g/mol. The minimum absolute atomic E-state index is 0.107. The van der Waals surface area contributed by atoms with Gasteiger partial charge in [0.25, 0.3) is 5.56 Å². The summed E-state index contributed by atoms with van der Waals surface area (Å²) in [6, 6.07) is 0. The van der Waals surface area contributed by atoms with Crippen LogP contribution in [-0.2, 0) is 42.9 Å². The lowest BCUT2D eigenvalue weighted by Crippen LogP contribution is -2.61. The van der Waals surface area contributed by atoms with Crippen molar-refractivity contribution in [3.05, 3.63) is 30.6 Å². The zero-order valence-corrected chi connectivity index (χ0v) is 19.6. The number of carbonyl (C=O) groups excluding carboxylic acids is 4. The molecule has 0 aromatic carbocycles. The van der Waals surface area contributed by atoms with Gasteiger partial charge in [0.15, 0.2) is 24.5 Å². The molecule has 1 aromatic rings. The Kier molecular flexibility index (Phi) is 8.54. The van der Waals surface area contributed by atoms with E-state index < -0.39 is 72.4 Å². The van der Waals surface area contributed by atoms with E-state index in [1.54, 1.807) is 22.6 Å². The molecule has 14 heteroatoms.